The van der Waals surface area contributed by atoms with Crippen molar-refractivity contribution < 1.29 is 18.7 Å². The number of amides is 1. The van der Waals surface area contributed by atoms with E-state index in [-0.39, 0.29) is 12.5 Å². The lowest BCUT2D eigenvalue weighted by Gasteiger charge is -2.05. The highest BCUT2D eigenvalue weighted by molar-refractivity contribution is 7.09. The van der Waals surface area contributed by atoms with Crippen molar-refractivity contribution in [2.45, 2.75) is 13.3 Å². The van der Waals surface area contributed by atoms with Gasteiger partial charge in [-0.15, -0.1) is 11.3 Å². The minimum Gasteiger partial charge on any atom is -0.469 e. The van der Waals surface area contributed by atoms with Gasteiger partial charge in [-0.25, -0.2) is 4.79 Å². The number of hydrogen-bond acceptors (Lipinski definition) is 5. The van der Waals surface area contributed by atoms with Crippen molar-refractivity contribution in [3.05, 3.63) is 46.0 Å². The molecule has 106 valence electrons. The molecule has 1 amide bonds. The van der Waals surface area contributed by atoms with Crippen LogP contribution in [-0.4, -0.2) is 25.0 Å². The van der Waals surface area contributed by atoms with Crippen LogP contribution in [0.4, 0.5) is 0 Å². The van der Waals surface area contributed by atoms with Gasteiger partial charge in [-0.3, -0.25) is 4.79 Å². The largest absolute Gasteiger partial charge is 0.469 e. The van der Waals surface area contributed by atoms with Crippen LogP contribution in [0.1, 0.15) is 21.0 Å². The number of furan rings is 1. The van der Waals surface area contributed by atoms with Gasteiger partial charge in [-0.2, -0.15) is 0 Å². The highest BCUT2D eigenvalue weighted by atomic mass is 32.1. The van der Waals surface area contributed by atoms with Crippen molar-refractivity contribution >= 4 is 23.2 Å². The van der Waals surface area contributed by atoms with E-state index in [1.807, 2.05) is 17.5 Å². The van der Waals surface area contributed by atoms with Crippen molar-refractivity contribution in [1.82, 2.24) is 5.32 Å². The lowest BCUT2D eigenvalue weighted by molar-refractivity contribution is -0.124. The predicted molar refractivity (Wildman–Crippen MR) is 74.8 cm³/mol. The number of esters is 1. The number of aryl methyl sites for hydroxylation is 1. The molecule has 5 nitrogen and oxygen atoms in total. The zero-order chi connectivity index (χ0) is 14.4. The predicted octanol–water partition coefficient (Wildman–Crippen LogP) is 2.17. The molecule has 0 bridgehead atoms. The fourth-order valence-electron chi connectivity index (χ4n) is 1.64. The summed E-state index contributed by atoms with van der Waals surface area (Å²) in [4.78, 5) is 24.4. The summed E-state index contributed by atoms with van der Waals surface area (Å²) in [6.45, 7) is 1.91. The van der Waals surface area contributed by atoms with E-state index >= 15 is 0 Å². The molecule has 2 heterocycles. The summed E-state index contributed by atoms with van der Waals surface area (Å²) in [6, 6.07) is 5.50. The summed E-state index contributed by atoms with van der Waals surface area (Å²) in [5.41, 5.74) is 0.344. The van der Waals surface area contributed by atoms with Gasteiger partial charge in [0.2, 0.25) is 0 Å². The number of rotatable bonds is 6. The van der Waals surface area contributed by atoms with Crippen LogP contribution in [0, 0.1) is 6.92 Å². The Morgan fingerprint density at radius 1 is 1.40 bits per heavy atom. The van der Waals surface area contributed by atoms with E-state index in [4.69, 9.17) is 9.15 Å². The van der Waals surface area contributed by atoms with Crippen molar-refractivity contribution in [3.8, 4) is 0 Å². The molecule has 1 N–H and O–H groups in total. The Hall–Kier alpha value is -2.08. The zero-order valence-corrected chi connectivity index (χ0v) is 11.9. The van der Waals surface area contributed by atoms with Crippen molar-refractivity contribution in [2.24, 2.45) is 0 Å². The maximum absolute atomic E-state index is 11.6. The molecule has 6 heteroatoms. The van der Waals surface area contributed by atoms with Crippen molar-refractivity contribution in [2.75, 3.05) is 13.2 Å². The summed E-state index contributed by atoms with van der Waals surface area (Å²) in [5.74, 6) is -0.381. The lowest BCUT2D eigenvalue weighted by Crippen LogP contribution is -2.30. The molecular formula is C14H15NO4S. The smallest absolute Gasteiger partial charge is 0.342 e. The summed E-state index contributed by atoms with van der Waals surface area (Å²) in [7, 11) is 0. The van der Waals surface area contributed by atoms with Gasteiger partial charge in [0.25, 0.3) is 5.91 Å². The Bertz CT molecular complexity index is 574. The standard InChI is InChI=1S/C14H15NO4S/c1-10-12(5-7-18-10)14(17)19-9-13(16)15-6-4-11-3-2-8-20-11/h2-3,5,7-8H,4,6,9H2,1H3,(H,15,16). The van der Waals surface area contributed by atoms with E-state index in [2.05, 4.69) is 5.32 Å². The maximum Gasteiger partial charge on any atom is 0.342 e. The summed E-state index contributed by atoms with van der Waals surface area (Å²) in [6.07, 6.45) is 2.19. The molecule has 0 spiro atoms. The number of hydrogen-bond donors (Lipinski definition) is 1. The SMILES string of the molecule is Cc1occc1C(=O)OCC(=O)NCCc1cccs1. The molecule has 0 saturated carbocycles. The monoisotopic (exact) mass is 293 g/mol. The Morgan fingerprint density at radius 2 is 2.25 bits per heavy atom. The lowest BCUT2D eigenvalue weighted by atomic mass is 10.3. The van der Waals surface area contributed by atoms with Crippen LogP contribution in [0.15, 0.2) is 34.3 Å². The van der Waals surface area contributed by atoms with Crippen LogP contribution >= 0.6 is 11.3 Å². The van der Waals surface area contributed by atoms with Gasteiger partial charge < -0.3 is 14.5 Å². The van der Waals surface area contributed by atoms with E-state index < -0.39 is 5.97 Å². The van der Waals surface area contributed by atoms with Gasteiger partial charge in [-0.1, -0.05) is 6.07 Å². The normalized spacial score (nSPS) is 10.2. The molecule has 0 saturated heterocycles. The first-order valence-corrected chi connectivity index (χ1v) is 7.05. The van der Waals surface area contributed by atoms with E-state index in [1.54, 1.807) is 18.3 Å². The fraction of sp³-hybridized carbons (Fsp3) is 0.286. The second-order valence-electron chi connectivity index (χ2n) is 4.15. The van der Waals surface area contributed by atoms with Crippen LogP contribution < -0.4 is 5.32 Å². The molecular weight excluding hydrogens is 278 g/mol. The third-order valence-electron chi connectivity index (χ3n) is 2.69. The third-order valence-corrected chi connectivity index (χ3v) is 3.62. The average molecular weight is 293 g/mol. The van der Waals surface area contributed by atoms with Gasteiger partial charge in [0, 0.05) is 11.4 Å². The number of carbonyl (C=O) groups is 2. The van der Waals surface area contributed by atoms with E-state index in [0.717, 1.165) is 6.42 Å². The molecule has 0 unspecified atom stereocenters. The summed E-state index contributed by atoms with van der Waals surface area (Å²) >= 11 is 1.65. The Balaban J connectivity index is 1.67. The molecule has 2 aromatic rings. The quantitative estimate of drug-likeness (QED) is 0.829. The van der Waals surface area contributed by atoms with Gasteiger partial charge >= 0.3 is 5.97 Å². The van der Waals surface area contributed by atoms with Crippen LogP contribution in [0.3, 0.4) is 0 Å². The van der Waals surface area contributed by atoms with E-state index in [0.29, 0.717) is 17.9 Å². The molecule has 20 heavy (non-hydrogen) atoms. The third kappa shape index (κ3) is 3.96. The molecule has 0 atom stereocenters. The van der Waals surface area contributed by atoms with E-state index in [1.165, 1.54) is 17.2 Å². The van der Waals surface area contributed by atoms with E-state index in [9.17, 15) is 9.59 Å². The number of ether oxygens (including phenoxy) is 1. The summed E-state index contributed by atoms with van der Waals surface area (Å²) in [5, 5.41) is 4.70. The second-order valence-corrected chi connectivity index (χ2v) is 5.18. The zero-order valence-electron chi connectivity index (χ0n) is 11.0. The molecule has 0 radical (unpaired) electrons. The highest BCUT2D eigenvalue weighted by Gasteiger charge is 2.14. The second kappa shape index (κ2) is 6.91. The number of nitrogens with one attached hydrogen (secondary N) is 1. The van der Waals surface area contributed by atoms with Crippen LogP contribution in [0.25, 0.3) is 0 Å². The average Bonchev–Trinajstić information content (AvgIpc) is 3.07. The van der Waals surface area contributed by atoms with Gasteiger partial charge in [0.15, 0.2) is 6.61 Å². The Morgan fingerprint density at radius 3 is 2.90 bits per heavy atom. The van der Waals surface area contributed by atoms with Gasteiger partial charge in [-0.05, 0) is 30.9 Å². The first-order valence-electron chi connectivity index (χ1n) is 6.17. The number of carbonyl (C=O) groups excluding carboxylic acids is 2. The highest BCUT2D eigenvalue weighted by Crippen LogP contribution is 2.10. The maximum atomic E-state index is 11.6. The molecule has 2 aromatic heterocycles. The van der Waals surface area contributed by atoms with Gasteiger partial charge in [0.1, 0.15) is 11.3 Å². The Kier molecular flexibility index (Phi) is 4.95. The molecule has 0 aliphatic heterocycles. The molecule has 0 aromatic carbocycles. The first kappa shape index (κ1) is 14.3. The van der Waals surface area contributed by atoms with Crippen molar-refractivity contribution in [1.29, 1.82) is 0 Å². The van der Waals surface area contributed by atoms with Gasteiger partial charge in [0.05, 0.1) is 6.26 Å². The minimum atomic E-state index is -0.551. The first-order chi connectivity index (χ1) is 9.66. The topological polar surface area (TPSA) is 68.5 Å². The molecule has 0 aliphatic rings. The summed E-state index contributed by atoms with van der Waals surface area (Å²) < 4.78 is 9.91. The van der Waals surface area contributed by atoms with Crippen molar-refractivity contribution in [3.63, 3.8) is 0 Å². The number of thiophene rings is 1. The molecule has 2 rings (SSSR count). The molecule has 0 fully saturated rings. The van der Waals surface area contributed by atoms with Crippen LogP contribution in [0.5, 0.6) is 0 Å². The van der Waals surface area contributed by atoms with Crippen LogP contribution in [0.2, 0.25) is 0 Å². The molecule has 0 aliphatic carbocycles. The van der Waals surface area contributed by atoms with Crippen LogP contribution in [-0.2, 0) is 16.0 Å². The fourth-order valence-corrected chi connectivity index (χ4v) is 2.35. The Labute approximate surface area is 120 Å². The minimum absolute atomic E-state index is 0.284.